The van der Waals surface area contributed by atoms with Crippen LogP contribution in [-0.2, 0) is 24.6 Å². The molecule has 1 N–H and O–H groups in total. The molecule has 0 unspecified atom stereocenters. The van der Waals surface area contributed by atoms with Crippen molar-refractivity contribution in [1.29, 1.82) is 0 Å². The zero-order valence-electron chi connectivity index (χ0n) is 19.6. The van der Waals surface area contributed by atoms with Gasteiger partial charge >= 0.3 is 0 Å². The van der Waals surface area contributed by atoms with Gasteiger partial charge in [-0.1, -0.05) is 0 Å². The molecule has 192 valence electrons. The number of aldehydes is 1. The molecule has 0 bridgehead atoms. The van der Waals surface area contributed by atoms with Crippen molar-refractivity contribution < 1.29 is 38.8 Å². The van der Waals surface area contributed by atoms with Crippen molar-refractivity contribution in [2.45, 2.75) is 26.7 Å². The van der Waals surface area contributed by atoms with Crippen molar-refractivity contribution >= 4 is 23.4 Å². The summed E-state index contributed by atoms with van der Waals surface area (Å²) in [7, 11) is 0. The largest absolute Gasteiger partial charge is 0.489 e. The number of nitro benzene ring substituents is 2. The fraction of sp³-hybridized carbons (Fsp3) is 0.200. The molecule has 0 saturated carbocycles. The highest BCUT2D eigenvalue weighted by molar-refractivity contribution is 5.82. The van der Waals surface area contributed by atoms with Crippen molar-refractivity contribution in [1.82, 2.24) is 0 Å². The number of aliphatic hydroxyl groups excluding tert-OH is 1. The van der Waals surface area contributed by atoms with Gasteiger partial charge in [0.25, 0.3) is 11.4 Å². The first-order chi connectivity index (χ1) is 17.7. The molecule has 0 saturated heterocycles. The molecule has 0 aliphatic rings. The molecule has 3 aromatic rings. The third kappa shape index (κ3) is 7.32. The number of carbonyl (C=O) groups is 2. The summed E-state index contributed by atoms with van der Waals surface area (Å²) in [5, 5.41) is 31.5. The summed E-state index contributed by atoms with van der Waals surface area (Å²) >= 11 is 0. The lowest BCUT2D eigenvalue weighted by molar-refractivity contribution is -0.385. The summed E-state index contributed by atoms with van der Waals surface area (Å²) < 4.78 is 17.0. The van der Waals surface area contributed by atoms with Gasteiger partial charge in [0.2, 0.25) is 0 Å². The van der Waals surface area contributed by atoms with Crippen molar-refractivity contribution in [3.63, 3.8) is 0 Å². The summed E-state index contributed by atoms with van der Waals surface area (Å²) in [6, 6.07) is 12.9. The Hall–Kier alpha value is -4.84. The summed E-state index contributed by atoms with van der Waals surface area (Å²) in [4.78, 5) is 43.4. The van der Waals surface area contributed by atoms with E-state index in [1.165, 1.54) is 43.3 Å². The maximum Gasteiger partial charge on any atom is 0.280 e. The molecule has 0 aliphatic heterocycles. The molecular weight excluding hydrogens is 488 g/mol. The van der Waals surface area contributed by atoms with E-state index in [0.717, 1.165) is 0 Å². The van der Waals surface area contributed by atoms with E-state index >= 15 is 0 Å². The number of rotatable bonds is 13. The molecule has 0 radical (unpaired) electrons. The van der Waals surface area contributed by atoms with Crippen LogP contribution in [0, 0.1) is 20.2 Å². The fourth-order valence-corrected chi connectivity index (χ4v) is 3.34. The minimum absolute atomic E-state index is 0.00652. The molecular formula is C25H22N2O10. The van der Waals surface area contributed by atoms with Crippen LogP contribution < -0.4 is 14.2 Å². The predicted molar refractivity (Wildman–Crippen MR) is 129 cm³/mol. The summed E-state index contributed by atoms with van der Waals surface area (Å²) in [5.74, 6) is 0.721. The second-order valence-corrected chi connectivity index (χ2v) is 7.85. The van der Waals surface area contributed by atoms with Gasteiger partial charge < -0.3 is 19.3 Å². The van der Waals surface area contributed by atoms with Gasteiger partial charge in [-0.05, 0) is 60.5 Å². The van der Waals surface area contributed by atoms with Gasteiger partial charge in [-0.15, -0.1) is 0 Å². The Balaban J connectivity index is 1.79. The number of hydrogen-bond acceptors (Lipinski definition) is 10. The van der Waals surface area contributed by atoms with Crippen LogP contribution in [0.15, 0.2) is 54.6 Å². The number of aliphatic hydroxyl groups is 1. The second kappa shape index (κ2) is 12.2. The van der Waals surface area contributed by atoms with E-state index in [1.54, 1.807) is 18.2 Å². The normalized spacial score (nSPS) is 10.4. The van der Waals surface area contributed by atoms with E-state index in [4.69, 9.17) is 14.2 Å². The van der Waals surface area contributed by atoms with Crippen LogP contribution in [0.3, 0.4) is 0 Å². The van der Waals surface area contributed by atoms with Crippen LogP contribution in [0.4, 0.5) is 11.4 Å². The Morgan fingerprint density at radius 1 is 0.838 bits per heavy atom. The Bertz CT molecular complexity index is 1340. The zero-order chi connectivity index (χ0) is 26.9. The summed E-state index contributed by atoms with van der Waals surface area (Å²) in [6.45, 7) is 0.728. The number of hydrogen-bond donors (Lipinski definition) is 1. The minimum Gasteiger partial charge on any atom is -0.489 e. The van der Waals surface area contributed by atoms with Gasteiger partial charge in [-0.25, -0.2) is 0 Å². The van der Waals surface area contributed by atoms with E-state index in [0.29, 0.717) is 28.9 Å². The Kier molecular flexibility index (Phi) is 8.84. The van der Waals surface area contributed by atoms with Gasteiger partial charge in [0.15, 0.2) is 12.1 Å². The lowest BCUT2D eigenvalue weighted by Gasteiger charge is -2.13. The lowest BCUT2D eigenvalue weighted by Crippen LogP contribution is -2.08. The maximum atomic E-state index is 11.4. The van der Waals surface area contributed by atoms with E-state index in [1.807, 2.05) is 0 Å². The maximum absolute atomic E-state index is 11.4. The number of benzene rings is 3. The third-order valence-corrected chi connectivity index (χ3v) is 5.02. The quantitative estimate of drug-likeness (QED) is 0.202. The zero-order valence-corrected chi connectivity index (χ0v) is 19.6. The average molecular weight is 510 g/mol. The summed E-state index contributed by atoms with van der Waals surface area (Å²) in [5.41, 5.74) is 0.662. The van der Waals surface area contributed by atoms with Gasteiger partial charge in [0.05, 0.1) is 27.6 Å². The average Bonchev–Trinajstić information content (AvgIpc) is 2.88. The topological polar surface area (TPSA) is 168 Å². The molecule has 0 heterocycles. The SMILES string of the molecule is CC(=O)COc1cc(COc2ccc([N+](=O)[O-])c(C=O)c2)cc(COc2ccc([N+](=O)[O-])c(CO)c2)c1. The van der Waals surface area contributed by atoms with Crippen LogP contribution in [0.2, 0.25) is 0 Å². The van der Waals surface area contributed by atoms with Crippen molar-refractivity contribution in [3.05, 3.63) is 97.1 Å². The summed E-state index contributed by atoms with van der Waals surface area (Å²) in [6.07, 6.45) is 0.372. The molecule has 0 aromatic heterocycles. The number of nitrogens with zero attached hydrogens (tertiary/aromatic N) is 2. The number of ketones is 1. The van der Waals surface area contributed by atoms with Crippen LogP contribution in [0.1, 0.15) is 34.0 Å². The Morgan fingerprint density at radius 3 is 1.92 bits per heavy atom. The van der Waals surface area contributed by atoms with E-state index in [-0.39, 0.29) is 53.9 Å². The second-order valence-electron chi connectivity index (χ2n) is 7.85. The van der Waals surface area contributed by atoms with Gasteiger partial charge in [0, 0.05) is 12.1 Å². The van der Waals surface area contributed by atoms with Crippen LogP contribution >= 0.6 is 0 Å². The van der Waals surface area contributed by atoms with Gasteiger partial charge in [-0.3, -0.25) is 29.8 Å². The molecule has 12 nitrogen and oxygen atoms in total. The highest BCUT2D eigenvalue weighted by Gasteiger charge is 2.15. The monoisotopic (exact) mass is 510 g/mol. The Morgan fingerprint density at radius 2 is 1.41 bits per heavy atom. The molecule has 0 aliphatic carbocycles. The van der Waals surface area contributed by atoms with E-state index < -0.39 is 16.5 Å². The first kappa shape index (κ1) is 26.8. The molecule has 0 fully saturated rings. The van der Waals surface area contributed by atoms with E-state index in [2.05, 4.69) is 0 Å². The standard InChI is InChI=1S/C25H22N2O10/c1-16(30)13-35-23-7-17(14-36-21-2-4-24(26(31)32)19(9-21)11-28)6-18(8-23)15-37-22-3-5-25(27(33)34)20(10-22)12-29/h2-11,29H,12-15H2,1H3. The minimum atomic E-state index is -0.663. The lowest BCUT2D eigenvalue weighted by atomic mass is 10.1. The fourth-order valence-electron chi connectivity index (χ4n) is 3.34. The van der Waals surface area contributed by atoms with Crippen LogP contribution in [0.25, 0.3) is 0 Å². The van der Waals surface area contributed by atoms with Crippen LogP contribution in [-0.4, -0.2) is 33.6 Å². The smallest absolute Gasteiger partial charge is 0.280 e. The molecule has 3 aromatic carbocycles. The van der Waals surface area contributed by atoms with E-state index in [9.17, 15) is 34.9 Å². The molecule has 3 rings (SSSR count). The third-order valence-electron chi connectivity index (χ3n) is 5.02. The number of nitro groups is 2. The molecule has 0 atom stereocenters. The van der Waals surface area contributed by atoms with Gasteiger partial charge in [-0.2, -0.15) is 0 Å². The number of carbonyl (C=O) groups excluding carboxylic acids is 2. The number of Topliss-reactive ketones (excluding diaryl/α,β-unsaturated/α-hetero) is 1. The van der Waals surface area contributed by atoms with Crippen LogP contribution in [0.5, 0.6) is 17.2 Å². The first-order valence-corrected chi connectivity index (χ1v) is 10.8. The molecule has 0 amide bonds. The molecule has 12 heteroatoms. The number of ether oxygens (including phenoxy) is 3. The Labute approximate surface area is 210 Å². The van der Waals surface area contributed by atoms with Crippen molar-refractivity contribution in [2.75, 3.05) is 6.61 Å². The first-order valence-electron chi connectivity index (χ1n) is 10.8. The highest BCUT2D eigenvalue weighted by atomic mass is 16.6. The molecule has 37 heavy (non-hydrogen) atoms. The molecule has 0 spiro atoms. The van der Waals surface area contributed by atoms with Gasteiger partial charge in [0.1, 0.15) is 37.1 Å². The van der Waals surface area contributed by atoms with Crippen molar-refractivity contribution in [2.24, 2.45) is 0 Å². The van der Waals surface area contributed by atoms with Crippen molar-refractivity contribution in [3.8, 4) is 17.2 Å². The highest BCUT2D eigenvalue weighted by Crippen LogP contribution is 2.27. The predicted octanol–water partition coefficient (Wildman–Crippen LogP) is 3.93.